The van der Waals surface area contributed by atoms with E-state index in [0.29, 0.717) is 11.5 Å². The number of benzene rings is 2. The summed E-state index contributed by atoms with van der Waals surface area (Å²) in [5.74, 6) is 0.847. The van der Waals surface area contributed by atoms with Crippen molar-refractivity contribution in [1.29, 1.82) is 0 Å². The molecule has 5 heteroatoms. The van der Waals surface area contributed by atoms with Crippen LogP contribution in [0.25, 0.3) is 0 Å². The third-order valence-electron chi connectivity index (χ3n) is 2.90. The van der Waals surface area contributed by atoms with E-state index < -0.39 is 0 Å². The number of hydrogen-bond acceptors (Lipinski definition) is 3. The highest BCUT2D eigenvalue weighted by Gasteiger charge is 2.08. The molecule has 0 unspecified atom stereocenters. The zero-order valence-electron chi connectivity index (χ0n) is 11.0. The minimum atomic E-state index is 0.370. The second-order valence-electron chi connectivity index (χ2n) is 4.23. The van der Waals surface area contributed by atoms with Crippen LogP contribution in [0.4, 0.5) is 5.69 Å². The number of anilines is 1. The summed E-state index contributed by atoms with van der Waals surface area (Å²) >= 11 is 8.56. The molecule has 0 radical (unpaired) electrons. The topological polar surface area (TPSA) is 47.3 Å². The van der Waals surface area contributed by atoms with E-state index in [1.54, 1.807) is 7.11 Å². The number of methoxy groups -OCH3 is 1. The molecule has 2 aromatic rings. The van der Waals surface area contributed by atoms with Crippen molar-refractivity contribution in [2.24, 2.45) is 5.73 Å². The predicted molar refractivity (Wildman–Crippen MR) is 90.4 cm³/mol. The smallest absolute Gasteiger partial charge is 0.118 e. The van der Waals surface area contributed by atoms with E-state index in [1.807, 2.05) is 42.5 Å². The molecule has 0 aliphatic heterocycles. The zero-order chi connectivity index (χ0) is 14.5. The van der Waals surface area contributed by atoms with Gasteiger partial charge in [-0.25, -0.2) is 0 Å². The van der Waals surface area contributed by atoms with Crippen LogP contribution in [0.1, 0.15) is 11.1 Å². The van der Waals surface area contributed by atoms with Gasteiger partial charge in [0.1, 0.15) is 10.7 Å². The van der Waals surface area contributed by atoms with E-state index in [1.165, 1.54) is 0 Å². The molecule has 104 valence electrons. The Balaban J connectivity index is 2.14. The summed E-state index contributed by atoms with van der Waals surface area (Å²) in [5.41, 5.74) is 8.67. The van der Waals surface area contributed by atoms with Gasteiger partial charge in [0, 0.05) is 22.3 Å². The van der Waals surface area contributed by atoms with Crippen molar-refractivity contribution in [2.45, 2.75) is 6.54 Å². The number of nitrogens with two attached hydrogens (primary N) is 1. The lowest BCUT2D eigenvalue weighted by atomic mass is 10.1. The Morgan fingerprint density at radius 1 is 1.25 bits per heavy atom. The molecular formula is C15H15BrN2OS. The predicted octanol–water partition coefficient (Wildman–Crippen LogP) is 3.70. The van der Waals surface area contributed by atoms with Crippen LogP contribution in [-0.4, -0.2) is 12.1 Å². The Morgan fingerprint density at radius 3 is 2.55 bits per heavy atom. The average molecular weight is 351 g/mol. The quantitative estimate of drug-likeness (QED) is 0.807. The van der Waals surface area contributed by atoms with Crippen LogP contribution in [0.5, 0.6) is 5.75 Å². The molecule has 0 spiro atoms. The Morgan fingerprint density at radius 2 is 1.95 bits per heavy atom. The van der Waals surface area contributed by atoms with E-state index >= 15 is 0 Å². The van der Waals surface area contributed by atoms with E-state index in [-0.39, 0.29) is 0 Å². The molecule has 2 rings (SSSR count). The molecule has 0 atom stereocenters. The van der Waals surface area contributed by atoms with Gasteiger partial charge in [-0.3, -0.25) is 0 Å². The van der Waals surface area contributed by atoms with Gasteiger partial charge in [-0.15, -0.1) is 0 Å². The maximum atomic E-state index is 5.77. The summed E-state index contributed by atoms with van der Waals surface area (Å²) in [6.45, 7) is 0.691. The van der Waals surface area contributed by atoms with Gasteiger partial charge in [0.05, 0.1) is 7.11 Å². The minimum Gasteiger partial charge on any atom is -0.497 e. The van der Waals surface area contributed by atoms with Crippen LogP contribution in [0.2, 0.25) is 0 Å². The van der Waals surface area contributed by atoms with Crippen molar-refractivity contribution >= 4 is 38.8 Å². The molecule has 0 aliphatic rings. The van der Waals surface area contributed by atoms with Gasteiger partial charge >= 0.3 is 0 Å². The molecule has 0 saturated carbocycles. The molecule has 0 fully saturated rings. The standard InChI is InChI=1S/C15H15BrN2OS/c1-19-11-7-5-10(6-8-11)9-18-13-4-2-3-12(16)14(13)15(17)20/h2-8,18H,9H2,1H3,(H2,17,20). The monoisotopic (exact) mass is 350 g/mol. The lowest BCUT2D eigenvalue weighted by Gasteiger charge is -2.13. The fraction of sp³-hybridized carbons (Fsp3) is 0.133. The van der Waals surface area contributed by atoms with Crippen LogP contribution in [0.15, 0.2) is 46.9 Å². The molecule has 0 bridgehead atoms. The number of halogens is 1. The van der Waals surface area contributed by atoms with Crippen molar-refractivity contribution in [2.75, 3.05) is 12.4 Å². The summed E-state index contributed by atoms with van der Waals surface area (Å²) in [7, 11) is 1.66. The Hall–Kier alpha value is -1.59. The van der Waals surface area contributed by atoms with Gasteiger partial charge in [0.2, 0.25) is 0 Å². The van der Waals surface area contributed by atoms with Crippen LogP contribution in [0, 0.1) is 0 Å². The SMILES string of the molecule is COc1ccc(CNc2cccc(Br)c2C(N)=S)cc1. The van der Waals surface area contributed by atoms with Crippen molar-refractivity contribution < 1.29 is 4.74 Å². The molecular weight excluding hydrogens is 336 g/mol. The van der Waals surface area contributed by atoms with Crippen molar-refractivity contribution in [3.05, 3.63) is 58.1 Å². The average Bonchev–Trinajstić information content (AvgIpc) is 2.45. The number of ether oxygens (including phenoxy) is 1. The molecule has 0 saturated heterocycles. The molecule has 0 aliphatic carbocycles. The molecule has 20 heavy (non-hydrogen) atoms. The molecule has 0 aromatic heterocycles. The minimum absolute atomic E-state index is 0.370. The van der Waals surface area contributed by atoms with E-state index in [2.05, 4.69) is 21.2 Å². The van der Waals surface area contributed by atoms with E-state index in [4.69, 9.17) is 22.7 Å². The van der Waals surface area contributed by atoms with Gasteiger partial charge in [-0.05, 0) is 45.8 Å². The van der Waals surface area contributed by atoms with Crippen LogP contribution in [-0.2, 0) is 6.54 Å². The second-order valence-corrected chi connectivity index (χ2v) is 5.52. The second kappa shape index (κ2) is 6.72. The molecule has 3 N–H and O–H groups in total. The van der Waals surface area contributed by atoms with Gasteiger partial charge in [-0.2, -0.15) is 0 Å². The van der Waals surface area contributed by atoms with Crippen molar-refractivity contribution in [1.82, 2.24) is 0 Å². The first-order valence-corrected chi connectivity index (χ1v) is 7.27. The lowest BCUT2D eigenvalue weighted by Crippen LogP contribution is -2.14. The van der Waals surface area contributed by atoms with Gasteiger partial charge in [-0.1, -0.05) is 30.4 Å². The molecule has 2 aromatic carbocycles. The molecule has 0 amide bonds. The summed E-state index contributed by atoms with van der Waals surface area (Å²) in [4.78, 5) is 0.370. The van der Waals surface area contributed by atoms with Crippen molar-refractivity contribution in [3.63, 3.8) is 0 Å². The first kappa shape index (κ1) is 14.8. The number of rotatable bonds is 5. The number of thiocarbonyl (C=S) groups is 1. The Bertz CT molecular complexity index is 614. The summed E-state index contributed by atoms with van der Waals surface area (Å²) in [6.07, 6.45) is 0. The molecule has 0 heterocycles. The van der Waals surface area contributed by atoms with Gasteiger partial charge in [0.25, 0.3) is 0 Å². The highest BCUT2D eigenvalue weighted by atomic mass is 79.9. The van der Waals surface area contributed by atoms with Gasteiger partial charge < -0.3 is 15.8 Å². The summed E-state index contributed by atoms with van der Waals surface area (Å²) in [6, 6.07) is 13.7. The largest absolute Gasteiger partial charge is 0.497 e. The fourth-order valence-electron chi connectivity index (χ4n) is 1.86. The van der Waals surface area contributed by atoms with Crippen LogP contribution in [0.3, 0.4) is 0 Å². The van der Waals surface area contributed by atoms with Gasteiger partial charge in [0.15, 0.2) is 0 Å². The highest BCUT2D eigenvalue weighted by Crippen LogP contribution is 2.25. The highest BCUT2D eigenvalue weighted by molar-refractivity contribution is 9.10. The number of nitrogens with one attached hydrogen (secondary N) is 1. The summed E-state index contributed by atoms with van der Waals surface area (Å²) < 4.78 is 6.03. The fourth-order valence-corrected chi connectivity index (χ4v) is 2.79. The normalized spacial score (nSPS) is 10.1. The zero-order valence-corrected chi connectivity index (χ0v) is 13.4. The van der Waals surface area contributed by atoms with Crippen molar-refractivity contribution in [3.8, 4) is 5.75 Å². The number of hydrogen-bond donors (Lipinski definition) is 2. The lowest BCUT2D eigenvalue weighted by molar-refractivity contribution is 0.414. The molecule has 3 nitrogen and oxygen atoms in total. The van der Waals surface area contributed by atoms with Crippen LogP contribution >= 0.6 is 28.1 Å². The van der Waals surface area contributed by atoms with Crippen LogP contribution < -0.4 is 15.8 Å². The van der Waals surface area contributed by atoms with E-state index in [0.717, 1.165) is 27.0 Å². The Labute approximate surface area is 132 Å². The van der Waals surface area contributed by atoms with E-state index in [9.17, 15) is 0 Å². The third-order valence-corrected chi connectivity index (χ3v) is 3.77. The maximum Gasteiger partial charge on any atom is 0.118 e. The first-order valence-electron chi connectivity index (χ1n) is 6.07. The first-order chi connectivity index (χ1) is 9.61. The maximum absolute atomic E-state index is 5.77. The Kier molecular flexibility index (Phi) is 4.98. The third kappa shape index (κ3) is 3.49. The summed E-state index contributed by atoms with van der Waals surface area (Å²) in [5, 5.41) is 3.35.